The van der Waals surface area contributed by atoms with Gasteiger partial charge in [0.1, 0.15) is 6.04 Å². The van der Waals surface area contributed by atoms with E-state index in [9.17, 15) is 4.79 Å². The minimum Gasteiger partial charge on any atom is -0.490 e. The van der Waals surface area contributed by atoms with Crippen molar-refractivity contribution in [2.24, 2.45) is 0 Å². The predicted octanol–water partition coefficient (Wildman–Crippen LogP) is 1.82. The zero-order chi connectivity index (χ0) is 13.0. The summed E-state index contributed by atoms with van der Waals surface area (Å²) in [7, 11) is 1.37. The van der Waals surface area contributed by atoms with Crippen molar-refractivity contribution in [3.8, 4) is 11.5 Å². The Morgan fingerprint density at radius 3 is 2.78 bits per heavy atom. The number of fused-ring (bicyclic) bond motifs is 1. The largest absolute Gasteiger partial charge is 0.490 e. The molecular formula is C13H17NO4. The maximum atomic E-state index is 11.3. The van der Waals surface area contributed by atoms with Gasteiger partial charge in [0.25, 0.3) is 0 Å². The van der Waals surface area contributed by atoms with Crippen LogP contribution in [-0.4, -0.2) is 32.3 Å². The van der Waals surface area contributed by atoms with Crippen LogP contribution in [-0.2, 0) is 9.53 Å². The Morgan fingerprint density at radius 1 is 1.33 bits per heavy atom. The lowest BCUT2D eigenvalue weighted by Gasteiger charge is -2.14. The Bertz CT molecular complexity index is 433. The van der Waals surface area contributed by atoms with Crippen LogP contribution in [0.3, 0.4) is 0 Å². The van der Waals surface area contributed by atoms with E-state index in [0.717, 1.165) is 17.9 Å². The zero-order valence-corrected chi connectivity index (χ0v) is 10.6. The van der Waals surface area contributed by atoms with Crippen LogP contribution >= 0.6 is 0 Å². The minimum atomic E-state index is -0.403. The third-order valence-corrected chi connectivity index (χ3v) is 2.69. The molecule has 1 heterocycles. The Morgan fingerprint density at radius 2 is 2.06 bits per heavy atom. The molecule has 1 unspecified atom stereocenters. The van der Waals surface area contributed by atoms with Gasteiger partial charge in [-0.05, 0) is 19.1 Å². The van der Waals surface area contributed by atoms with Crippen LogP contribution in [0.15, 0.2) is 18.2 Å². The van der Waals surface area contributed by atoms with Crippen molar-refractivity contribution in [3.63, 3.8) is 0 Å². The molecule has 5 heteroatoms. The first-order valence-corrected chi connectivity index (χ1v) is 5.94. The quantitative estimate of drug-likeness (QED) is 0.830. The fourth-order valence-corrected chi connectivity index (χ4v) is 1.74. The number of ether oxygens (including phenoxy) is 3. The second kappa shape index (κ2) is 5.62. The number of methoxy groups -OCH3 is 1. The summed E-state index contributed by atoms with van der Waals surface area (Å²) in [4.78, 5) is 11.3. The molecule has 1 aliphatic heterocycles. The van der Waals surface area contributed by atoms with E-state index in [-0.39, 0.29) is 5.97 Å². The van der Waals surface area contributed by atoms with Crippen molar-refractivity contribution in [2.45, 2.75) is 19.4 Å². The molecule has 18 heavy (non-hydrogen) atoms. The van der Waals surface area contributed by atoms with Crippen LogP contribution < -0.4 is 14.8 Å². The Balaban J connectivity index is 2.10. The molecule has 0 aliphatic carbocycles. The lowest BCUT2D eigenvalue weighted by atomic mass is 10.2. The second-order valence-electron chi connectivity index (χ2n) is 4.10. The molecule has 0 amide bonds. The fourth-order valence-electron chi connectivity index (χ4n) is 1.74. The summed E-state index contributed by atoms with van der Waals surface area (Å²) in [5.74, 6) is 1.14. The summed E-state index contributed by atoms with van der Waals surface area (Å²) in [5, 5.41) is 3.05. The van der Waals surface area contributed by atoms with Crippen LogP contribution in [0.1, 0.15) is 13.3 Å². The molecule has 0 saturated heterocycles. The molecular weight excluding hydrogens is 234 g/mol. The van der Waals surface area contributed by atoms with Gasteiger partial charge in [-0.3, -0.25) is 0 Å². The number of nitrogens with one attached hydrogen (secondary N) is 1. The SMILES string of the molecule is COC(=O)C(C)Nc1ccc2c(c1)OCCCO2. The molecule has 1 N–H and O–H groups in total. The van der Waals surface area contributed by atoms with Gasteiger partial charge >= 0.3 is 5.97 Å². The zero-order valence-electron chi connectivity index (χ0n) is 10.6. The summed E-state index contributed by atoms with van der Waals surface area (Å²) in [5.41, 5.74) is 0.803. The van der Waals surface area contributed by atoms with Crippen LogP contribution in [0, 0.1) is 0 Å². The molecule has 1 aromatic rings. The Labute approximate surface area is 106 Å². The predicted molar refractivity (Wildman–Crippen MR) is 67.1 cm³/mol. The fraction of sp³-hybridized carbons (Fsp3) is 0.462. The second-order valence-corrected chi connectivity index (χ2v) is 4.10. The summed E-state index contributed by atoms with van der Waals surface area (Å²) < 4.78 is 15.8. The molecule has 0 aromatic heterocycles. The van der Waals surface area contributed by atoms with Gasteiger partial charge in [0, 0.05) is 18.2 Å². The van der Waals surface area contributed by atoms with Gasteiger partial charge in [-0.1, -0.05) is 0 Å². The van der Waals surface area contributed by atoms with E-state index < -0.39 is 6.04 Å². The number of carbonyl (C=O) groups excluding carboxylic acids is 1. The third-order valence-electron chi connectivity index (χ3n) is 2.69. The van der Waals surface area contributed by atoms with Gasteiger partial charge < -0.3 is 19.5 Å². The highest BCUT2D eigenvalue weighted by Gasteiger charge is 2.15. The summed E-state index contributed by atoms with van der Waals surface area (Å²) >= 11 is 0. The lowest BCUT2D eigenvalue weighted by molar-refractivity contribution is -0.141. The average molecular weight is 251 g/mol. The number of benzene rings is 1. The topological polar surface area (TPSA) is 56.8 Å². The van der Waals surface area contributed by atoms with Gasteiger partial charge in [0.2, 0.25) is 0 Å². The lowest BCUT2D eigenvalue weighted by Crippen LogP contribution is -2.27. The van der Waals surface area contributed by atoms with Crippen LogP contribution in [0.25, 0.3) is 0 Å². The molecule has 0 spiro atoms. The molecule has 0 saturated carbocycles. The van der Waals surface area contributed by atoms with E-state index in [1.54, 1.807) is 6.92 Å². The number of hydrogen-bond donors (Lipinski definition) is 1. The maximum Gasteiger partial charge on any atom is 0.327 e. The third kappa shape index (κ3) is 2.85. The molecule has 0 fully saturated rings. The van der Waals surface area contributed by atoms with E-state index in [1.807, 2.05) is 18.2 Å². The van der Waals surface area contributed by atoms with Crippen LogP contribution in [0.4, 0.5) is 5.69 Å². The maximum absolute atomic E-state index is 11.3. The van der Waals surface area contributed by atoms with Crippen molar-refractivity contribution in [1.29, 1.82) is 0 Å². The number of carbonyl (C=O) groups is 1. The van der Waals surface area contributed by atoms with Gasteiger partial charge in [0.05, 0.1) is 20.3 Å². The van der Waals surface area contributed by atoms with Crippen molar-refractivity contribution in [3.05, 3.63) is 18.2 Å². The number of anilines is 1. The minimum absolute atomic E-state index is 0.304. The van der Waals surface area contributed by atoms with Crippen LogP contribution in [0.2, 0.25) is 0 Å². The van der Waals surface area contributed by atoms with E-state index in [0.29, 0.717) is 19.0 Å². The highest BCUT2D eigenvalue weighted by molar-refractivity contribution is 5.78. The number of hydrogen-bond acceptors (Lipinski definition) is 5. The van der Waals surface area contributed by atoms with E-state index in [4.69, 9.17) is 9.47 Å². The van der Waals surface area contributed by atoms with Crippen molar-refractivity contribution < 1.29 is 19.0 Å². The average Bonchev–Trinajstić information content (AvgIpc) is 2.62. The van der Waals surface area contributed by atoms with Crippen molar-refractivity contribution >= 4 is 11.7 Å². The first-order valence-electron chi connectivity index (χ1n) is 5.94. The molecule has 2 rings (SSSR count). The molecule has 1 aromatic carbocycles. The first kappa shape index (κ1) is 12.5. The van der Waals surface area contributed by atoms with Crippen LogP contribution in [0.5, 0.6) is 11.5 Å². The molecule has 0 bridgehead atoms. The number of esters is 1. The highest BCUT2D eigenvalue weighted by atomic mass is 16.5. The van der Waals surface area contributed by atoms with E-state index in [2.05, 4.69) is 10.1 Å². The van der Waals surface area contributed by atoms with Gasteiger partial charge in [-0.25, -0.2) is 4.79 Å². The van der Waals surface area contributed by atoms with Gasteiger partial charge in [-0.2, -0.15) is 0 Å². The molecule has 0 radical (unpaired) electrons. The molecule has 98 valence electrons. The van der Waals surface area contributed by atoms with Crippen molar-refractivity contribution in [1.82, 2.24) is 0 Å². The molecule has 1 atom stereocenters. The Hall–Kier alpha value is -1.91. The molecule has 1 aliphatic rings. The van der Waals surface area contributed by atoms with Crippen molar-refractivity contribution in [2.75, 3.05) is 25.6 Å². The highest BCUT2D eigenvalue weighted by Crippen LogP contribution is 2.32. The monoisotopic (exact) mass is 251 g/mol. The van der Waals surface area contributed by atoms with E-state index >= 15 is 0 Å². The Kier molecular flexibility index (Phi) is 3.92. The smallest absolute Gasteiger partial charge is 0.327 e. The summed E-state index contributed by atoms with van der Waals surface area (Å²) in [6, 6.07) is 5.12. The standard InChI is InChI=1S/C13H17NO4/c1-9(13(15)16-2)14-10-4-5-11-12(8-10)18-7-3-6-17-11/h4-5,8-9,14H,3,6-7H2,1-2H3. The normalized spacial score (nSPS) is 15.4. The van der Waals surface area contributed by atoms with Gasteiger partial charge in [0.15, 0.2) is 11.5 Å². The molecule has 5 nitrogen and oxygen atoms in total. The van der Waals surface area contributed by atoms with Gasteiger partial charge in [-0.15, -0.1) is 0 Å². The summed E-state index contributed by atoms with van der Waals surface area (Å²) in [6.07, 6.45) is 0.871. The summed E-state index contributed by atoms with van der Waals surface area (Å²) in [6.45, 7) is 3.05. The first-order chi connectivity index (χ1) is 8.70. The number of rotatable bonds is 3. The van der Waals surface area contributed by atoms with E-state index in [1.165, 1.54) is 7.11 Å².